The van der Waals surface area contributed by atoms with E-state index < -0.39 is 0 Å². The van der Waals surface area contributed by atoms with Gasteiger partial charge in [0.25, 0.3) is 0 Å². The van der Waals surface area contributed by atoms with Gasteiger partial charge >= 0.3 is 0 Å². The molecule has 0 atom stereocenters. The Hall–Kier alpha value is -0.410. The summed E-state index contributed by atoms with van der Waals surface area (Å²) in [5.74, 6) is 1.02. The van der Waals surface area contributed by atoms with Gasteiger partial charge in [0.05, 0.1) is 6.26 Å². The third-order valence-corrected chi connectivity index (χ3v) is 3.83. The Balaban J connectivity index is 2.31. The molecule has 0 saturated heterocycles. The lowest BCUT2D eigenvalue weighted by molar-refractivity contribution is 0.612. The highest BCUT2D eigenvalue weighted by Crippen LogP contribution is 2.28. The Morgan fingerprint density at radius 2 is 2.20 bits per heavy atom. The fourth-order valence-electron chi connectivity index (χ4n) is 1.42. The van der Waals surface area contributed by atoms with Crippen LogP contribution in [0.25, 0.3) is 11.0 Å². The minimum atomic E-state index is 0.655. The van der Waals surface area contributed by atoms with Crippen molar-refractivity contribution in [3.05, 3.63) is 34.5 Å². The standard InChI is InChI=1S/C12H13BrOS/c1-8(2)15-7-9-6-14-12-4-3-10(13)5-11(9)12/h3-6,8H,7H2,1-2H3. The maximum atomic E-state index is 5.50. The van der Waals surface area contributed by atoms with Gasteiger partial charge in [0.15, 0.2) is 0 Å². The number of furan rings is 1. The maximum absolute atomic E-state index is 5.50. The molecule has 0 amide bonds. The molecule has 0 aliphatic heterocycles. The van der Waals surface area contributed by atoms with Gasteiger partial charge < -0.3 is 4.42 Å². The summed E-state index contributed by atoms with van der Waals surface area (Å²) in [4.78, 5) is 0. The molecule has 2 rings (SSSR count). The Labute approximate surface area is 102 Å². The summed E-state index contributed by atoms with van der Waals surface area (Å²) in [5.41, 5.74) is 2.25. The molecule has 0 aliphatic rings. The van der Waals surface area contributed by atoms with E-state index in [0.717, 1.165) is 15.8 Å². The van der Waals surface area contributed by atoms with Gasteiger partial charge in [-0.05, 0) is 23.4 Å². The Kier molecular flexibility index (Phi) is 3.42. The van der Waals surface area contributed by atoms with Crippen LogP contribution in [0.4, 0.5) is 0 Å². The van der Waals surface area contributed by atoms with E-state index in [1.807, 2.05) is 30.2 Å². The molecule has 0 bridgehead atoms. The van der Waals surface area contributed by atoms with E-state index in [1.165, 1.54) is 10.9 Å². The van der Waals surface area contributed by atoms with Crippen molar-refractivity contribution in [1.82, 2.24) is 0 Å². The number of hydrogen-bond acceptors (Lipinski definition) is 2. The molecule has 0 N–H and O–H groups in total. The number of rotatable bonds is 3. The van der Waals surface area contributed by atoms with Crippen molar-refractivity contribution in [2.75, 3.05) is 0 Å². The Morgan fingerprint density at radius 3 is 2.93 bits per heavy atom. The zero-order chi connectivity index (χ0) is 10.8. The van der Waals surface area contributed by atoms with Crippen LogP contribution < -0.4 is 0 Å². The van der Waals surface area contributed by atoms with Gasteiger partial charge in [0.1, 0.15) is 5.58 Å². The van der Waals surface area contributed by atoms with Gasteiger partial charge in [0.2, 0.25) is 0 Å². The highest BCUT2D eigenvalue weighted by molar-refractivity contribution is 9.10. The van der Waals surface area contributed by atoms with Crippen LogP contribution in [0.15, 0.2) is 33.4 Å². The molecule has 1 nitrogen and oxygen atoms in total. The van der Waals surface area contributed by atoms with Gasteiger partial charge in [0, 0.05) is 21.2 Å². The van der Waals surface area contributed by atoms with Crippen LogP contribution in [0.5, 0.6) is 0 Å². The first-order valence-corrected chi connectivity index (χ1v) is 6.78. The molecular weight excluding hydrogens is 272 g/mol. The summed E-state index contributed by atoms with van der Waals surface area (Å²) < 4.78 is 6.61. The molecule has 0 saturated carbocycles. The fourth-order valence-corrected chi connectivity index (χ4v) is 2.52. The highest BCUT2D eigenvalue weighted by Gasteiger charge is 2.06. The lowest BCUT2D eigenvalue weighted by Gasteiger charge is -2.02. The zero-order valence-electron chi connectivity index (χ0n) is 8.79. The summed E-state index contributed by atoms with van der Waals surface area (Å²) in [6.07, 6.45) is 1.87. The van der Waals surface area contributed by atoms with E-state index in [-0.39, 0.29) is 0 Å². The van der Waals surface area contributed by atoms with Crippen molar-refractivity contribution >= 4 is 38.7 Å². The number of thioether (sulfide) groups is 1. The first-order chi connectivity index (χ1) is 7.16. The first-order valence-electron chi connectivity index (χ1n) is 4.94. The number of hydrogen-bond donors (Lipinski definition) is 0. The van der Waals surface area contributed by atoms with E-state index in [1.54, 1.807) is 0 Å². The van der Waals surface area contributed by atoms with Gasteiger partial charge in [-0.25, -0.2) is 0 Å². The quantitative estimate of drug-likeness (QED) is 0.800. The third-order valence-electron chi connectivity index (χ3n) is 2.19. The molecule has 1 aromatic heterocycles. The van der Waals surface area contributed by atoms with Crippen molar-refractivity contribution in [2.45, 2.75) is 24.9 Å². The fraction of sp³-hybridized carbons (Fsp3) is 0.333. The van der Waals surface area contributed by atoms with Crippen molar-refractivity contribution < 1.29 is 4.42 Å². The number of halogens is 1. The van der Waals surface area contributed by atoms with Crippen molar-refractivity contribution in [3.8, 4) is 0 Å². The van der Waals surface area contributed by atoms with Crippen LogP contribution in [0, 0.1) is 0 Å². The topological polar surface area (TPSA) is 13.1 Å². The van der Waals surface area contributed by atoms with Crippen LogP contribution in [-0.2, 0) is 5.75 Å². The highest BCUT2D eigenvalue weighted by atomic mass is 79.9. The SMILES string of the molecule is CC(C)SCc1coc2ccc(Br)cc12. The lowest BCUT2D eigenvalue weighted by atomic mass is 10.2. The van der Waals surface area contributed by atoms with Crippen LogP contribution in [0.1, 0.15) is 19.4 Å². The summed E-state index contributed by atoms with van der Waals surface area (Å²) in [7, 11) is 0. The van der Waals surface area contributed by atoms with Gasteiger partial charge in [-0.2, -0.15) is 11.8 Å². The van der Waals surface area contributed by atoms with Crippen LogP contribution in [-0.4, -0.2) is 5.25 Å². The minimum Gasteiger partial charge on any atom is -0.464 e. The van der Waals surface area contributed by atoms with Crippen molar-refractivity contribution in [2.24, 2.45) is 0 Å². The normalized spacial score (nSPS) is 11.5. The van der Waals surface area contributed by atoms with Crippen LogP contribution in [0.3, 0.4) is 0 Å². The molecule has 3 heteroatoms. The molecular formula is C12H13BrOS. The largest absolute Gasteiger partial charge is 0.464 e. The Morgan fingerprint density at radius 1 is 1.40 bits per heavy atom. The zero-order valence-corrected chi connectivity index (χ0v) is 11.2. The van der Waals surface area contributed by atoms with Gasteiger partial charge in [-0.15, -0.1) is 0 Å². The molecule has 0 unspecified atom stereocenters. The molecule has 0 radical (unpaired) electrons. The molecule has 0 aliphatic carbocycles. The average Bonchev–Trinajstić information content (AvgIpc) is 2.57. The molecule has 1 heterocycles. The molecule has 0 fully saturated rings. The van der Waals surface area contributed by atoms with E-state index in [2.05, 4.69) is 35.8 Å². The number of benzene rings is 1. The molecule has 15 heavy (non-hydrogen) atoms. The Bertz CT molecular complexity index is 462. The van der Waals surface area contributed by atoms with Gasteiger partial charge in [-0.1, -0.05) is 29.8 Å². The third kappa shape index (κ3) is 2.58. The molecule has 2 aromatic rings. The molecule has 0 spiro atoms. The summed E-state index contributed by atoms with van der Waals surface area (Å²) in [6.45, 7) is 4.42. The first kappa shape index (κ1) is 11.1. The van der Waals surface area contributed by atoms with Crippen molar-refractivity contribution in [1.29, 1.82) is 0 Å². The summed E-state index contributed by atoms with van der Waals surface area (Å²) in [6, 6.07) is 6.13. The van der Waals surface area contributed by atoms with Gasteiger partial charge in [-0.3, -0.25) is 0 Å². The lowest BCUT2D eigenvalue weighted by Crippen LogP contribution is -1.87. The second kappa shape index (κ2) is 4.62. The van der Waals surface area contributed by atoms with E-state index >= 15 is 0 Å². The predicted octanol–water partition coefficient (Wildman–Crippen LogP) is 4.84. The molecule has 1 aromatic carbocycles. The molecule has 80 valence electrons. The van der Waals surface area contributed by atoms with E-state index in [9.17, 15) is 0 Å². The van der Waals surface area contributed by atoms with Crippen molar-refractivity contribution in [3.63, 3.8) is 0 Å². The van der Waals surface area contributed by atoms with Crippen LogP contribution >= 0.6 is 27.7 Å². The van der Waals surface area contributed by atoms with E-state index in [4.69, 9.17) is 4.42 Å². The maximum Gasteiger partial charge on any atom is 0.134 e. The second-order valence-electron chi connectivity index (χ2n) is 3.76. The monoisotopic (exact) mass is 284 g/mol. The van der Waals surface area contributed by atoms with E-state index in [0.29, 0.717) is 5.25 Å². The average molecular weight is 285 g/mol. The second-order valence-corrected chi connectivity index (χ2v) is 6.24. The summed E-state index contributed by atoms with van der Waals surface area (Å²) >= 11 is 5.42. The predicted molar refractivity (Wildman–Crippen MR) is 70.3 cm³/mol. The minimum absolute atomic E-state index is 0.655. The summed E-state index contributed by atoms with van der Waals surface area (Å²) in [5, 5.41) is 1.87. The smallest absolute Gasteiger partial charge is 0.134 e. The number of fused-ring (bicyclic) bond motifs is 1. The van der Waals surface area contributed by atoms with Crippen LogP contribution in [0.2, 0.25) is 0 Å².